The van der Waals surface area contributed by atoms with Gasteiger partial charge in [-0.1, -0.05) is 25.6 Å². The monoisotopic (exact) mass is 322 g/mol. The highest BCUT2D eigenvalue weighted by molar-refractivity contribution is 7.98. The molecule has 1 N–H and O–H groups in total. The summed E-state index contributed by atoms with van der Waals surface area (Å²) in [4.78, 5) is 22.6. The molecule has 2 rings (SSSR count). The van der Waals surface area contributed by atoms with Crippen LogP contribution in [0, 0.1) is 6.92 Å². The molecule has 0 fully saturated rings. The van der Waals surface area contributed by atoms with Crippen molar-refractivity contribution in [2.75, 3.05) is 0 Å². The lowest BCUT2D eigenvalue weighted by molar-refractivity contribution is 0.0690. The SMILES string of the molecule is CCc1nc(C)c(C(=O)O)c(SCc2ccc(CC)s2)n1. The molecule has 0 aliphatic carbocycles. The van der Waals surface area contributed by atoms with Gasteiger partial charge in [-0.25, -0.2) is 14.8 Å². The van der Waals surface area contributed by atoms with Crippen LogP contribution >= 0.6 is 23.1 Å². The Morgan fingerprint density at radius 1 is 1.24 bits per heavy atom. The summed E-state index contributed by atoms with van der Waals surface area (Å²) in [5.74, 6) is 0.475. The predicted octanol–water partition coefficient (Wildman–Crippen LogP) is 3.96. The number of aromatic carboxylic acids is 1. The molecule has 0 aromatic carbocycles. The Morgan fingerprint density at radius 3 is 2.52 bits per heavy atom. The van der Waals surface area contributed by atoms with E-state index in [0.717, 1.165) is 12.2 Å². The van der Waals surface area contributed by atoms with Gasteiger partial charge in [0.15, 0.2) is 0 Å². The van der Waals surface area contributed by atoms with Crippen LogP contribution in [0.5, 0.6) is 0 Å². The molecule has 6 heteroatoms. The van der Waals surface area contributed by atoms with Crippen molar-refractivity contribution in [3.8, 4) is 0 Å². The maximum atomic E-state index is 11.4. The molecule has 21 heavy (non-hydrogen) atoms. The van der Waals surface area contributed by atoms with Gasteiger partial charge >= 0.3 is 5.97 Å². The van der Waals surface area contributed by atoms with Gasteiger partial charge in [0.25, 0.3) is 0 Å². The molecule has 0 aliphatic rings. The molecule has 0 unspecified atom stereocenters. The lowest BCUT2D eigenvalue weighted by Gasteiger charge is -2.09. The number of thiophene rings is 1. The van der Waals surface area contributed by atoms with Crippen LogP contribution in [0.4, 0.5) is 0 Å². The van der Waals surface area contributed by atoms with Crippen LogP contribution in [-0.4, -0.2) is 21.0 Å². The number of thioether (sulfide) groups is 1. The minimum atomic E-state index is -0.960. The third kappa shape index (κ3) is 3.83. The molecule has 2 heterocycles. The lowest BCUT2D eigenvalue weighted by Crippen LogP contribution is -2.09. The van der Waals surface area contributed by atoms with Crippen molar-refractivity contribution in [2.24, 2.45) is 0 Å². The Morgan fingerprint density at radius 2 is 1.95 bits per heavy atom. The Labute approximate surface area is 132 Å². The first-order valence-electron chi connectivity index (χ1n) is 6.86. The second kappa shape index (κ2) is 7.04. The molecule has 2 aromatic heterocycles. The van der Waals surface area contributed by atoms with Crippen LogP contribution in [0.15, 0.2) is 17.2 Å². The standard InChI is InChI=1S/C15H18N2O2S2/c1-4-10-6-7-11(21-10)8-20-14-13(15(18)19)9(3)16-12(5-2)17-14/h6-7H,4-5,8H2,1-3H3,(H,18,19). The number of nitrogens with zero attached hydrogens (tertiary/aromatic N) is 2. The molecule has 112 valence electrons. The fourth-order valence-corrected chi connectivity index (χ4v) is 4.03. The third-order valence-electron chi connectivity index (χ3n) is 3.05. The minimum Gasteiger partial charge on any atom is -0.478 e. The largest absolute Gasteiger partial charge is 0.478 e. The molecule has 0 bridgehead atoms. The molecule has 2 aromatic rings. The van der Waals surface area contributed by atoms with Gasteiger partial charge in [0.05, 0.1) is 5.69 Å². The first kappa shape index (κ1) is 16.0. The molecule has 0 spiro atoms. The smallest absolute Gasteiger partial charge is 0.340 e. The van der Waals surface area contributed by atoms with E-state index in [1.54, 1.807) is 18.3 Å². The van der Waals surface area contributed by atoms with Gasteiger partial charge in [-0.05, 0) is 25.5 Å². The Kier molecular flexibility index (Phi) is 5.36. The maximum Gasteiger partial charge on any atom is 0.340 e. The number of carbonyl (C=O) groups is 1. The van der Waals surface area contributed by atoms with Crippen LogP contribution in [-0.2, 0) is 18.6 Å². The van der Waals surface area contributed by atoms with Crippen molar-refractivity contribution in [1.82, 2.24) is 9.97 Å². The summed E-state index contributed by atoms with van der Waals surface area (Å²) in [7, 11) is 0. The van der Waals surface area contributed by atoms with Gasteiger partial charge in [-0.3, -0.25) is 0 Å². The van der Waals surface area contributed by atoms with Crippen LogP contribution in [0.1, 0.15) is 45.5 Å². The second-order valence-corrected chi connectivity index (χ2v) is 6.79. The zero-order valence-corrected chi connectivity index (χ0v) is 14.0. The summed E-state index contributed by atoms with van der Waals surface area (Å²) in [6.07, 6.45) is 1.73. The van der Waals surface area contributed by atoms with Gasteiger partial charge in [-0.2, -0.15) is 0 Å². The van der Waals surface area contributed by atoms with Crippen molar-refractivity contribution in [2.45, 2.75) is 44.4 Å². The Bertz CT molecular complexity index is 653. The van der Waals surface area contributed by atoms with E-state index in [1.807, 2.05) is 6.92 Å². The second-order valence-electron chi connectivity index (χ2n) is 4.57. The van der Waals surface area contributed by atoms with Crippen molar-refractivity contribution in [3.05, 3.63) is 39.0 Å². The maximum absolute atomic E-state index is 11.4. The van der Waals surface area contributed by atoms with Crippen LogP contribution in [0.25, 0.3) is 0 Å². The normalized spacial score (nSPS) is 10.8. The van der Waals surface area contributed by atoms with E-state index in [4.69, 9.17) is 0 Å². The highest BCUT2D eigenvalue weighted by atomic mass is 32.2. The molecule has 0 aliphatic heterocycles. The average molecular weight is 322 g/mol. The number of hydrogen-bond donors (Lipinski definition) is 1. The highest BCUT2D eigenvalue weighted by Crippen LogP contribution is 2.29. The third-order valence-corrected chi connectivity index (χ3v) is 5.49. The number of aromatic nitrogens is 2. The summed E-state index contributed by atoms with van der Waals surface area (Å²) in [6, 6.07) is 4.23. The number of carboxylic acid groups (broad SMARTS) is 1. The summed E-state index contributed by atoms with van der Waals surface area (Å²) in [5.41, 5.74) is 0.766. The van der Waals surface area contributed by atoms with Gasteiger partial charge in [-0.15, -0.1) is 11.3 Å². The fraction of sp³-hybridized carbons (Fsp3) is 0.400. The molecule has 0 atom stereocenters. The molecule has 0 amide bonds. The van der Waals surface area contributed by atoms with E-state index in [-0.39, 0.29) is 5.56 Å². The average Bonchev–Trinajstić information content (AvgIpc) is 2.91. The summed E-state index contributed by atoms with van der Waals surface area (Å²) >= 11 is 3.24. The number of hydrogen-bond acceptors (Lipinski definition) is 5. The highest BCUT2D eigenvalue weighted by Gasteiger charge is 2.18. The Balaban J connectivity index is 2.25. The number of rotatable bonds is 6. The number of aryl methyl sites for hydroxylation is 3. The van der Waals surface area contributed by atoms with E-state index in [0.29, 0.717) is 23.0 Å². The van der Waals surface area contributed by atoms with Gasteiger partial charge in [0.1, 0.15) is 16.4 Å². The summed E-state index contributed by atoms with van der Waals surface area (Å²) in [5, 5.41) is 9.93. The molecule has 4 nitrogen and oxygen atoms in total. The van der Waals surface area contributed by atoms with Crippen molar-refractivity contribution >= 4 is 29.1 Å². The summed E-state index contributed by atoms with van der Waals surface area (Å²) < 4.78 is 0. The quantitative estimate of drug-likeness (QED) is 0.644. The number of carboxylic acids is 1. The molecular formula is C15H18N2O2S2. The first-order valence-corrected chi connectivity index (χ1v) is 8.66. The van der Waals surface area contributed by atoms with E-state index < -0.39 is 5.97 Å². The van der Waals surface area contributed by atoms with Crippen LogP contribution in [0.2, 0.25) is 0 Å². The fourth-order valence-electron chi connectivity index (χ4n) is 1.94. The van der Waals surface area contributed by atoms with E-state index in [1.165, 1.54) is 21.5 Å². The molecule has 0 saturated heterocycles. The van der Waals surface area contributed by atoms with E-state index in [2.05, 4.69) is 29.0 Å². The minimum absolute atomic E-state index is 0.226. The van der Waals surface area contributed by atoms with Gasteiger partial charge in [0.2, 0.25) is 0 Å². The predicted molar refractivity (Wildman–Crippen MR) is 86.4 cm³/mol. The van der Waals surface area contributed by atoms with Crippen LogP contribution < -0.4 is 0 Å². The first-order chi connectivity index (χ1) is 10.0. The molecular weight excluding hydrogens is 304 g/mol. The Hall–Kier alpha value is -1.40. The van der Waals surface area contributed by atoms with Crippen molar-refractivity contribution in [3.63, 3.8) is 0 Å². The molecule has 0 radical (unpaired) electrons. The van der Waals surface area contributed by atoms with Crippen LogP contribution in [0.3, 0.4) is 0 Å². The van der Waals surface area contributed by atoms with Gasteiger partial charge in [0, 0.05) is 21.9 Å². The van der Waals surface area contributed by atoms with Gasteiger partial charge < -0.3 is 5.11 Å². The zero-order chi connectivity index (χ0) is 15.4. The summed E-state index contributed by atoms with van der Waals surface area (Å²) in [6.45, 7) is 5.83. The topological polar surface area (TPSA) is 63.1 Å². The molecule has 0 saturated carbocycles. The van der Waals surface area contributed by atoms with Crippen molar-refractivity contribution in [1.29, 1.82) is 0 Å². The van der Waals surface area contributed by atoms with E-state index >= 15 is 0 Å². The zero-order valence-electron chi connectivity index (χ0n) is 12.3. The van der Waals surface area contributed by atoms with E-state index in [9.17, 15) is 9.90 Å². The van der Waals surface area contributed by atoms with Crippen molar-refractivity contribution < 1.29 is 9.90 Å². The lowest BCUT2D eigenvalue weighted by atomic mass is 10.2.